The van der Waals surface area contributed by atoms with Crippen LogP contribution >= 0.6 is 0 Å². The molecule has 8 heteroatoms. The number of nitrogens with one attached hydrogen (secondary N) is 2. The van der Waals surface area contributed by atoms with E-state index < -0.39 is 0 Å². The minimum absolute atomic E-state index is 0.259. The van der Waals surface area contributed by atoms with Gasteiger partial charge in [0, 0.05) is 30.2 Å². The van der Waals surface area contributed by atoms with Crippen molar-refractivity contribution in [3.05, 3.63) is 102 Å². The number of hydrogen-bond donors (Lipinski definition) is 2. The number of imidazole rings is 1. The number of carbonyl (C=O) groups excluding carboxylic acids is 2. The molecule has 0 spiro atoms. The lowest BCUT2D eigenvalue weighted by Gasteiger charge is -2.11. The number of rotatable bonds is 8. The summed E-state index contributed by atoms with van der Waals surface area (Å²) in [7, 11) is 3.06. The van der Waals surface area contributed by atoms with Gasteiger partial charge in [-0.2, -0.15) is 0 Å². The lowest BCUT2D eigenvalue weighted by Crippen LogP contribution is -2.13. The van der Waals surface area contributed by atoms with Gasteiger partial charge in [-0.1, -0.05) is 30.3 Å². The molecular formula is C27H26N4O4. The molecule has 4 rings (SSSR count). The van der Waals surface area contributed by atoms with Crippen LogP contribution in [0.15, 0.2) is 79.3 Å². The molecule has 8 nitrogen and oxygen atoms in total. The van der Waals surface area contributed by atoms with Crippen molar-refractivity contribution in [1.82, 2.24) is 9.55 Å². The predicted octanol–water partition coefficient (Wildman–Crippen LogP) is 4.76. The summed E-state index contributed by atoms with van der Waals surface area (Å²) < 4.78 is 12.3. The molecular weight excluding hydrogens is 444 g/mol. The summed E-state index contributed by atoms with van der Waals surface area (Å²) in [5.74, 6) is 0.500. The maximum atomic E-state index is 12.7. The largest absolute Gasteiger partial charge is 0.497 e. The quantitative estimate of drug-likeness (QED) is 0.387. The Kier molecular flexibility index (Phi) is 7.11. The lowest BCUT2D eigenvalue weighted by atomic mass is 10.1. The first-order chi connectivity index (χ1) is 17.0. The Bertz CT molecular complexity index is 1350. The van der Waals surface area contributed by atoms with E-state index in [4.69, 9.17) is 9.47 Å². The van der Waals surface area contributed by atoms with Gasteiger partial charge in [0.1, 0.15) is 17.2 Å². The van der Waals surface area contributed by atoms with Crippen LogP contribution in [0.3, 0.4) is 0 Å². The number of benzene rings is 3. The van der Waals surface area contributed by atoms with Gasteiger partial charge in [-0.05, 0) is 48.4 Å². The number of nitrogens with zero attached hydrogens (tertiary/aromatic N) is 2. The van der Waals surface area contributed by atoms with Gasteiger partial charge in [-0.25, -0.2) is 4.98 Å². The number of aryl methyl sites for hydroxylation is 1. The summed E-state index contributed by atoms with van der Waals surface area (Å²) in [4.78, 5) is 29.5. The van der Waals surface area contributed by atoms with Crippen molar-refractivity contribution in [2.24, 2.45) is 0 Å². The van der Waals surface area contributed by atoms with Gasteiger partial charge in [0.25, 0.3) is 11.8 Å². The van der Waals surface area contributed by atoms with Crippen LogP contribution in [0.1, 0.15) is 32.0 Å². The van der Waals surface area contributed by atoms with Crippen LogP contribution in [-0.2, 0) is 6.54 Å². The second kappa shape index (κ2) is 10.6. The first-order valence-electron chi connectivity index (χ1n) is 11.0. The minimum Gasteiger partial charge on any atom is -0.497 e. The third-order valence-corrected chi connectivity index (χ3v) is 5.49. The van der Waals surface area contributed by atoms with Gasteiger partial charge in [0.15, 0.2) is 0 Å². The molecule has 35 heavy (non-hydrogen) atoms. The van der Waals surface area contributed by atoms with Crippen molar-refractivity contribution in [3.8, 4) is 11.5 Å². The van der Waals surface area contributed by atoms with E-state index in [1.165, 1.54) is 7.11 Å². The van der Waals surface area contributed by atoms with Crippen LogP contribution in [0.5, 0.6) is 11.5 Å². The Morgan fingerprint density at radius 2 is 1.69 bits per heavy atom. The van der Waals surface area contributed by atoms with Crippen LogP contribution in [0.2, 0.25) is 0 Å². The maximum Gasteiger partial charge on any atom is 0.275 e. The van der Waals surface area contributed by atoms with Crippen molar-refractivity contribution in [2.45, 2.75) is 13.5 Å². The Morgan fingerprint density at radius 3 is 2.40 bits per heavy atom. The Morgan fingerprint density at radius 1 is 0.914 bits per heavy atom. The number of methoxy groups -OCH3 is 2. The van der Waals surface area contributed by atoms with E-state index in [1.54, 1.807) is 37.8 Å². The number of carbonyl (C=O) groups is 2. The standard InChI is InChI=1S/C27H26N4O4/c1-18-6-4-5-7-23(18)30-27(33)24-16-31(17-28-24)15-19-8-10-20(11-9-19)29-26(32)22-13-12-21(34-2)14-25(22)35-3/h4-14,16-17H,15H2,1-3H3,(H,29,32)(H,30,33). The fourth-order valence-electron chi connectivity index (χ4n) is 3.55. The summed E-state index contributed by atoms with van der Waals surface area (Å²) in [6, 6.07) is 20.1. The number of hydrogen-bond acceptors (Lipinski definition) is 5. The summed E-state index contributed by atoms with van der Waals surface area (Å²) in [5.41, 5.74) is 4.14. The van der Waals surface area contributed by atoms with Crippen LogP contribution in [0.25, 0.3) is 0 Å². The van der Waals surface area contributed by atoms with Crippen LogP contribution in [0, 0.1) is 6.92 Å². The molecule has 0 fully saturated rings. The number of amides is 2. The van der Waals surface area contributed by atoms with Crippen molar-refractivity contribution >= 4 is 23.2 Å². The molecule has 1 aromatic heterocycles. The Balaban J connectivity index is 1.38. The van der Waals surface area contributed by atoms with E-state index in [-0.39, 0.29) is 11.8 Å². The molecule has 0 atom stereocenters. The molecule has 0 saturated heterocycles. The molecule has 4 aromatic rings. The predicted molar refractivity (Wildman–Crippen MR) is 134 cm³/mol. The van der Waals surface area contributed by atoms with Crippen molar-refractivity contribution in [3.63, 3.8) is 0 Å². The van der Waals surface area contributed by atoms with E-state index in [9.17, 15) is 9.59 Å². The summed E-state index contributed by atoms with van der Waals surface area (Å²) in [6.07, 6.45) is 3.33. The topological polar surface area (TPSA) is 94.5 Å². The molecule has 0 aliphatic rings. The highest BCUT2D eigenvalue weighted by Crippen LogP contribution is 2.25. The van der Waals surface area contributed by atoms with Gasteiger partial charge in [0.05, 0.1) is 26.1 Å². The average Bonchev–Trinajstić information content (AvgIpc) is 3.34. The average molecular weight is 471 g/mol. The summed E-state index contributed by atoms with van der Waals surface area (Å²) in [6.45, 7) is 2.47. The van der Waals surface area contributed by atoms with E-state index in [2.05, 4.69) is 15.6 Å². The maximum absolute atomic E-state index is 12.7. The molecule has 0 radical (unpaired) electrons. The number of ether oxygens (including phenoxy) is 2. The molecule has 1 heterocycles. The highest BCUT2D eigenvalue weighted by atomic mass is 16.5. The smallest absolute Gasteiger partial charge is 0.275 e. The third-order valence-electron chi connectivity index (χ3n) is 5.49. The molecule has 2 amide bonds. The zero-order valence-electron chi connectivity index (χ0n) is 19.7. The summed E-state index contributed by atoms with van der Waals surface area (Å²) in [5, 5.41) is 5.76. The molecule has 0 bridgehead atoms. The normalized spacial score (nSPS) is 10.5. The number of para-hydroxylation sites is 1. The van der Waals surface area contributed by atoms with Gasteiger partial charge in [-0.15, -0.1) is 0 Å². The van der Waals surface area contributed by atoms with E-state index in [0.717, 1.165) is 16.8 Å². The van der Waals surface area contributed by atoms with Crippen LogP contribution in [0.4, 0.5) is 11.4 Å². The van der Waals surface area contributed by atoms with Gasteiger partial charge >= 0.3 is 0 Å². The highest BCUT2D eigenvalue weighted by Gasteiger charge is 2.14. The molecule has 3 aromatic carbocycles. The van der Waals surface area contributed by atoms with Crippen LogP contribution < -0.4 is 20.1 Å². The van der Waals surface area contributed by atoms with E-state index >= 15 is 0 Å². The third kappa shape index (κ3) is 5.67. The first-order valence-corrected chi connectivity index (χ1v) is 11.0. The molecule has 0 aliphatic carbocycles. The fourth-order valence-corrected chi connectivity index (χ4v) is 3.55. The molecule has 178 valence electrons. The number of anilines is 2. The second-order valence-electron chi connectivity index (χ2n) is 7.92. The fraction of sp³-hybridized carbons (Fsp3) is 0.148. The lowest BCUT2D eigenvalue weighted by molar-refractivity contribution is 0.101. The molecule has 0 aliphatic heterocycles. The van der Waals surface area contributed by atoms with E-state index in [0.29, 0.717) is 35.0 Å². The first kappa shape index (κ1) is 23.6. The molecule has 0 saturated carbocycles. The van der Waals surface area contributed by atoms with Crippen molar-refractivity contribution in [1.29, 1.82) is 0 Å². The monoisotopic (exact) mass is 470 g/mol. The highest BCUT2D eigenvalue weighted by molar-refractivity contribution is 6.06. The minimum atomic E-state index is -0.281. The SMILES string of the molecule is COc1ccc(C(=O)Nc2ccc(Cn3cnc(C(=O)Nc4ccccc4C)c3)cc2)c(OC)c1. The second-order valence-corrected chi connectivity index (χ2v) is 7.92. The Hall–Kier alpha value is -4.59. The summed E-state index contributed by atoms with van der Waals surface area (Å²) >= 11 is 0. The van der Waals surface area contributed by atoms with E-state index in [1.807, 2.05) is 60.0 Å². The Labute approximate surface area is 203 Å². The van der Waals surface area contributed by atoms with Gasteiger partial charge in [-0.3, -0.25) is 9.59 Å². The molecule has 2 N–H and O–H groups in total. The van der Waals surface area contributed by atoms with Crippen molar-refractivity contribution in [2.75, 3.05) is 24.9 Å². The van der Waals surface area contributed by atoms with Crippen LogP contribution in [-0.4, -0.2) is 35.6 Å². The zero-order chi connectivity index (χ0) is 24.8. The van der Waals surface area contributed by atoms with Gasteiger partial charge in [0.2, 0.25) is 0 Å². The zero-order valence-corrected chi connectivity index (χ0v) is 19.7. The number of aromatic nitrogens is 2. The molecule has 0 unspecified atom stereocenters. The van der Waals surface area contributed by atoms with Gasteiger partial charge < -0.3 is 24.7 Å². The van der Waals surface area contributed by atoms with Crippen molar-refractivity contribution < 1.29 is 19.1 Å².